The molecule has 2 rings (SSSR count). The van der Waals surface area contributed by atoms with E-state index < -0.39 is 11.9 Å². The minimum absolute atomic E-state index is 0.553. The predicted octanol–water partition coefficient (Wildman–Crippen LogP) is 4.90. The first-order chi connectivity index (χ1) is 9.19. The normalized spacial score (nSPS) is 23.5. The van der Waals surface area contributed by atoms with E-state index in [2.05, 4.69) is 11.9 Å². The van der Waals surface area contributed by atoms with Gasteiger partial charge in [0.1, 0.15) is 0 Å². The van der Waals surface area contributed by atoms with Gasteiger partial charge in [-0.2, -0.15) is 13.8 Å². The van der Waals surface area contributed by atoms with Gasteiger partial charge in [-0.05, 0) is 36.8 Å². The molecule has 0 amide bonds. The van der Waals surface area contributed by atoms with Crippen LogP contribution in [-0.2, 0) is 6.42 Å². The van der Waals surface area contributed by atoms with Crippen molar-refractivity contribution in [2.75, 3.05) is 0 Å². The van der Waals surface area contributed by atoms with Crippen molar-refractivity contribution in [3.05, 3.63) is 29.6 Å². The van der Waals surface area contributed by atoms with Gasteiger partial charge in [0.2, 0.25) is 11.9 Å². The van der Waals surface area contributed by atoms with Crippen LogP contribution in [0.15, 0.2) is 12.1 Å². The predicted molar refractivity (Wildman–Crippen MR) is 72.8 cm³/mol. The van der Waals surface area contributed by atoms with Crippen LogP contribution in [0.3, 0.4) is 0 Å². The van der Waals surface area contributed by atoms with Crippen LogP contribution < -0.4 is 0 Å². The minimum atomic E-state index is -0.735. The van der Waals surface area contributed by atoms with E-state index in [1.807, 2.05) is 0 Å². The number of hydrogen-bond acceptors (Lipinski definition) is 1. The first kappa shape index (κ1) is 14.4. The molecule has 0 unspecified atom stereocenters. The molecule has 0 radical (unpaired) electrons. The molecule has 1 aliphatic carbocycles. The van der Waals surface area contributed by atoms with Crippen LogP contribution in [0.25, 0.3) is 0 Å². The van der Waals surface area contributed by atoms with Crippen molar-refractivity contribution < 1.29 is 8.78 Å². The van der Waals surface area contributed by atoms with Crippen molar-refractivity contribution in [1.29, 1.82) is 0 Å². The standard InChI is InChI=1S/C16H23F2N/c1-2-3-12-4-6-13(7-5-12)8-9-14-10-11-15(17)19-16(14)18/h10-13H,2-9H2,1H3. The lowest BCUT2D eigenvalue weighted by molar-refractivity contribution is 0.251. The van der Waals surface area contributed by atoms with E-state index in [9.17, 15) is 8.78 Å². The lowest BCUT2D eigenvalue weighted by Crippen LogP contribution is -2.15. The molecule has 0 spiro atoms. The topological polar surface area (TPSA) is 12.9 Å². The number of aromatic nitrogens is 1. The molecule has 0 aromatic carbocycles. The van der Waals surface area contributed by atoms with Crippen LogP contribution >= 0.6 is 0 Å². The summed E-state index contributed by atoms with van der Waals surface area (Å²) in [5.41, 5.74) is 0.553. The molecular formula is C16H23F2N. The molecule has 1 heterocycles. The van der Waals surface area contributed by atoms with E-state index in [4.69, 9.17) is 0 Å². The molecule has 0 atom stereocenters. The summed E-state index contributed by atoms with van der Waals surface area (Å²) in [4.78, 5) is 3.24. The van der Waals surface area contributed by atoms with Gasteiger partial charge in [-0.1, -0.05) is 45.4 Å². The molecule has 3 heteroatoms. The van der Waals surface area contributed by atoms with Crippen molar-refractivity contribution in [2.45, 2.75) is 58.3 Å². The Morgan fingerprint density at radius 3 is 2.26 bits per heavy atom. The summed E-state index contributed by atoms with van der Waals surface area (Å²) in [6.45, 7) is 2.25. The molecule has 19 heavy (non-hydrogen) atoms. The van der Waals surface area contributed by atoms with Gasteiger partial charge >= 0.3 is 0 Å². The third kappa shape index (κ3) is 4.26. The maximum atomic E-state index is 13.4. The Labute approximate surface area is 114 Å². The summed E-state index contributed by atoms with van der Waals surface area (Å²) in [5, 5.41) is 0. The Kier molecular flexibility index (Phi) is 5.29. The molecule has 1 fully saturated rings. The zero-order valence-electron chi connectivity index (χ0n) is 11.7. The fraction of sp³-hybridized carbons (Fsp3) is 0.688. The van der Waals surface area contributed by atoms with Gasteiger partial charge in [0.15, 0.2) is 0 Å². The number of aryl methyl sites for hydroxylation is 1. The highest BCUT2D eigenvalue weighted by molar-refractivity contribution is 5.11. The Morgan fingerprint density at radius 1 is 1.05 bits per heavy atom. The van der Waals surface area contributed by atoms with Gasteiger partial charge < -0.3 is 0 Å². The smallest absolute Gasteiger partial charge is 0.190 e. The lowest BCUT2D eigenvalue weighted by atomic mass is 9.78. The summed E-state index contributed by atoms with van der Waals surface area (Å²) >= 11 is 0. The Balaban J connectivity index is 1.77. The van der Waals surface area contributed by atoms with Gasteiger partial charge in [-0.3, -0.25) is 0 Å². The molecule has 1 aliphatic rings. The summed E-state index contributed by atoms with van der Waals surface area (Å²) in [6, 6.07) is 2.77. The largest absolute Gasteiger partial charge is 0.218 e. The number of halogens is 2. The third-order valence-corrected chi connectivity index (χ3v) is 4.38. The SMILES string of the molecule is CCCC1CCC(CCc2ccc(F)nc2F)CC1. The first-order valence-corrected chi connectivity index (χ1v) is 7.50. The summed E-state index contributed by atoms with van der Waals surface area (Å²) in [5.74, 6) is 0.240. The maximum Gasteiger partial charge on any atom is 0.218 e. The van der Waals surface area contributed by atoms with Gasteiger partial charge in [0, 0.05) is 5.56 Å². The molecule has 1 aromatic rings. The molecule has 1 nitrogen and oxygen atoms in total. The summed E-state index contributed by atoms with van der Waals surface area (Å²) in [6.07, 6.45) is 9.49. The second-order valence-electron chi connectivity index (χ2n) is 5.80. The second-order valence-corrected chi connectivity index (χ2v) is 5.80. The van der Waals surface area contributed by atoms with Crippen molar-refractivity contribution >= 4 is 0 Å². The summed E-state index contributed by atoms with van der Waals surface area (Å²) < 4.78 is 26.1. The Bertz CT molecular complexity index is 398. The quantitative estimate of drug-likeness (QED) is 0.691. The van der Waals surface area contributed by atoms with Crippen molar-refractivity contribution in [3.8, 4) is 0 Å². The molecule has 1 aromatic heterocycles. The van der Waals surface area contributed by atoms with E-state index in [0.717, 1.165) is 12.3 Å². The fourth-order valence-electron chi connectivity index (χ4n) is 3.20. The van der Waals surface area contributed by atoms with Crippen LogP contribution in [0.1, 0.15) is 57.4 Å². The van der Waals surface area contributed by atoms with E-state index in [0.29, 0.717) is 17.9 Å². The molecule has 106 valence electrons. The second kappa shape index (κ2) is 6.97. The Hall–Kier alpha value is -0.990. The molecule has 0 aliphatic heterocycles. The van der Waals surface area contributed by atoms with Crippen molar-refractivity contribution in [1.82, 2.24) is 4.98 Å². The summed E-state index contributed by atoms with van der Waals surface area (Å²) in [7, 11) is 0. The molecule has 0 saturated heterocycles. The third-order valence-electron chi connectivity index (χ3n) is 4.38. The number of rotatable bonds is 5. The van der Waals surface area contributed by atoms with E-state index >= 15 is 0 Å². The minimum Gasteiger partial charge on any atom is -0.190 e. The number of pyridine rings is 1. The van der Waals surface area contributed by atoms with E-state index in [-0.39, 0.29) is 0 Å². The molecule has 1 saturated carbocycles. The molecular weight excluding hydrogens is 244 g/mol. The highest BCUT2D eigenvalue weighted by Crippen LogP contribution is 2.33. The average molecular weight is 267 g/mol. The van der Waals surface area contributed by atoms with Crippen LogP contribution in [-0.4, -0.2) is 4.98 Å². The fourth-order valence-corrected chi connectivity index (χ4v) is 3.20. The van der Waals surface area contributed by atoms with Crippen LogP contribution in [0, 0.1) is 23.7 Å². The maximum absolute atomic E-state index is 13.4. The van der Waals surface area contributed by atoms with E-state index in [1.54, 1.807) is 0 Å². The van der Waals surface area contributed by atoms with Gasteiger partial charge in [-0.15, -0.1) is 0 Å². The zero-order valence-corrected chi connectivity index (χ0v) is 11.7. The zero-order chi connectivity index (χ0) is 13.7. The van der Waals surface area contributed by atoms with Gasteiger partial charge in [0.05, 0.1) is 0 Å². The lowest BCUT2D eigenvalue weighted by Gasteiger charge is -2.28. The molecule has 0 N–H and O–H groups in total. The van der Waals surface area contributed by atoms with Crippen molar-refractivity contribution in [2.24, 2.45) is 11.8 Å². The average Bonchev–Trinajstić information content (AvgIpc) is 2.40. The van der Waals surface area contributed by atoms with E-state index in [1.165, 1.54) is 50.7 Å². The van der Waals surface area contributed by atoms with Gasteiger partial charge in [-0.25, -0.2) is 0 Å². The van der Waals surface area contributed by atoms with Gasteiger partial charge in [0.25, 0.3) is 0 Å². The Morgan fingerprint density at radius 2 is 1.68 bits per heavy atom. The van der Waals surface area contributed by atoms with Crippen LogP contribution in [0.5, 0.6) is 0 Å². The van der Waals surface area contributed by atoms with Crippen LogP contribution in [0.2, 0.25) is 0 Å². The number of nitrogens with zero attached hydrogens (tertiary/aromatic N) is 1. The first-order valence-electron chi connectivity index (χ1n) is 7.50. The monoisotopic (exact) mass is 267 g/mol. The van der Waals surface area contributed by atoms with Crippen molar-refractivity contribution in [3.63, 3.8) is 0 Å². The highest BCUT2D eigenvalue weighted by Gasteiger charge is 2.20. The highest BCUT2D eigenvalue weighted by atomic mass is 19.1. The number of hydrogen-bond donors (Lipinski definition) is 0. The molecule has 0 bridgehead atoms. The van der Waals surface area contributed by atoms with Crippen LogP contribution in [0.4, 0.5) is 8.78 Å².